The molecule has 1 amide bonds. The highest BCUT2D eigenvalue weighted by molar-refractivity contribution is 8.00. The van der Waals surface area contributed by atoms with Crippen LogP contribution in [0.3, 0.4) is 0 Å². The van der Waals surface area contributed by atoms with Crippen LogP contribution >= 0.6 is 23.1 Å². The fourth-order valence-electron chi connectivity index (χ4n) is 3.53. The Labute approximate surface area is 197 Å². The second kappa shape index (κ2) is 9.32. The van der Waals surface area contributed by atoms with E-state index in [0.717, 1.165) is 5.56 Å². The molecule has 0 fully saturated rings. The average Bonchev–Trinajstić information content (AvgIpc) is 3.59. The predicted molar refractivity (Wildman–Crippen MR) is 126 cm³/mol. The molecule has 8 nitrogen and oxygen atoms in total. The zero-order valence-corrected chi connectivity index (χ0v) is 19.4. The number of rotatable bonds is 8. The number of ether oxygens (including phenoxy) is 2. The number of carbonyl (C=O) groups is 1. The van der Waals surface area contributed by atoms with Crippen LogP contribution in [-0.4, -0.2) is 27.5 Å². The second-order valence-electron chi connectivity index (χ2n) is 7.42. The average molecular weight is 484 g/mol. The predicted octanol–water partition coefficient (Wildman–Crippen LogP) is 4.02. The summed E-state index contributed by atoms with van der Waals surface area (Å²) in [5, 5.41) is 4.85. The highest BCUT2D eigenvalue weighted by Gasteiger charge is 2.23. The number of hydrogen-bond acceptors (Lipinski definition) is 8. The van der Waals surface area contributed by atoms with Crippen molar-refractivity contribution in [3.8, 4) is 11.5 Å². The Balaban J connectivity index is 1.43. The molecule has 0 saturated carbocycles. The summed E-state index contributed by atoms with van der Waals surface area (Å²) >= 11 is 2.66. The van der Waals surface area contributed by atoms with Gasteiger partial charge in [-0.1, -0.05) is 24.8 Å². The standard InChI is InChI=1S/C23H21N3O5S2/c1-2-19(21(27)24-11-15-4-3-8-29-15)33-23-25-16-7-9-32-20(16)22(28)26(23)12-14-5-6-17-18(10-14)31-13-30-17/h3-10,19H,2,11-13H2,1H3,(H,24,27). The molecular weight excluding hydrogens is 462 g/mol. The van der Waals surface area contributed by atoms with Crippen molar-refractivity contribution in [2.45, 2.75) is 36.8 Å². The van der Waals surface area contributed by atoms with Gasteiger partial charge < -0.3 is 19.2 Å². The lowest BCUT2D eigenvalue weighted by atomic mass is 10.2. The van der Waals surface area contributed by atoms with Gasteiger partial charge in [0.1, 0.15) is 10.5 Å². The maximum atomic E-state index is 13.3. The van der Waals surface area contributed by atoms with E-state index in [-0.39, 0.29) is 18.3 Å². The van der Waals surface area contributed by atoms with Gasteiger partial charge in [0.2, 0.25) is 12.7 Å². The van der Waals surface area contributed by atoms with Gasteiger partial charge in [-0.2, -0.15) is 0 Å². The van der Waals surface area contributed by atoms with E-state index in [0.29, 0.717) is 52.1 Å². The van der Waals surface area contributed by atoms with Crippen LogP contribution in [0.5, 0.6) is 11.5 Å². The molecule has 1 aliphatic heterocycles. The molecule has 4 aromatic rings. The normalized spacial score (nSPS) is 13.4. The lowest BCUT2D eigenvalue weighted by Gasteiger charge is -2.17. The zero-order valence-electron chi connectivity index (χ0n) is 17.8. The van der Waals surface area contributed by atoms with Crippen LogP contribution in [-0.2, 0) is 17.9 Å². The Hall–Kier alpha value is -3.24. The third-order valence-electron chi connectivity index (χ3n) is 5.24. The molecule has 1 unspecified atom stereocenters. The molecule has 3 aromatic heterocycles. The maximum Gasteiger partial charge on any atom is 0.272 e. The van der Waals surface area contributed by atoms with E-state index in [1.54, 1.807) is 16.9 Å². The first-order chi connectivity index (χ1) is 16.1. The van der Waals surface area contributed by atoms with Crippen molar-refractivity contribution >= 4 is 39.2 Å². The minimum absolute atomic E-state index is 0.124. The van der Waals surface area contributed by atoms with Crippen LogP contribution in [0.25, 0.3) is 10.2 Å². The van der Waals surface area contributed by atoms with E-state index in [2.05, 4.69) is 5.32 Å². The van der Waals surface area contributed by atoms with Crippen molar-refractivity contribution in [1.29, 1.82) is 0 Å². The van der Waals surface area contributed by atoms with Crippen LogP contribution in [0.15, 0.2) is 62.4 Å². The monoisotopic (exact) mass is 483 g/mol. The number of benzene rings is 1. The molecule has 0 radical (unpaired) electrons. The van der Waals surface area contributed by atoms with Crippen LogP contribution in [0.2, 0.25) is 0 Å². The van der Waals surface area contributed by atoms with E-state index in [1.807, 2.05) is 42.6 Å². The number of nitrogens with zero attached hydrogens (tertiary/aromatic N) is 2. The maximum absolute atomic E-state index is 13.3. The summed E-state index contributed by atoms with van der Waals surface area (Å²) in [6.45, 7) is 2.74. The van der Waals surface area contributed by atoms with E-state index >= 15 is 0 Å². The van der Waals surface area contributed by atoms with Gasteiger partial charge in [-0.15, -0.1) is 11.3 Å². The Morgan fingerprint density at radius 1 is 1.27 bits per heavy atom. The van der Waals surface area contributed by atoms with Gasteiger partial charge in [-0.05, 0) is 47.7 Å². The van der Waals surface area contributed by atoms with Crippen molar-refractivity contribution in [2.75, 3.05) is 6.79 Å². The molecule has 0 aliphatic carbocycles. The van der Waals surface area contributed by atoms with Crippen molar-refractivity contribution in [2.24, 2.45) is 0 Å². The highest BCUT2D eigenvalue weighted by atomic mass is 32.2. The molecular formula is C23H21N3O5S2. The summed E-state index contributed by atoms with van der Waals surface area (Å²) in [5.41, 5.74) is 1.40. The Morgan fingerprint density at radius 3 is 2.97 bits per heavy atom. The molecule has 10 heteroatoms. The van der Waals surface area contributed by atoms with Crippen LogP contribution in [0.4, 0.5) is 0 Å². The number of hydrogen-bond donors (Lipinski definition) is 1. The summed E-state index contributed by atoms with van der Waals surface area (Å²) in [6, 6.07) is 11.0. The van der Waals surface area contributed by atoms with Gasteiger partial charge >= 0.3 is 0 Å². The van der Waals surface area contributed by atoms with Gasteiger partial charge in [-0.3, -0.25) is 14.2 Å². The van der Waals surface area contributed by atoms with E-state index in [4.69, 9.17) is 18.9 Å². The minimum Gasteiger partial charge on any atom is -0.467 e. The summed E-state index contributed by atoms with van der Waals surface area (Å²) in [6.07, 6.45) is 2.15. The highest BCUT2D eigenvalue weighted by Crippen LogP contribution is 2.33. The second-order valence-corrected chi connectivity index (χ2v) is 9.51. The van der Waals surface area contributed by atoms with Crippen LogP contribution < -0.4 is 20.3 Å². The number of furan rings is 1. The fraction of sp³-hybridized carbons (Fsp3) is 0.261. The van der Waals surface area contributed by atoms with Gasteiger partial charge in [0, 0.05) is 0 Å². The Bertz CT molecular complexity index is 1350. The lowest BCUT2D eigenvalue weighted by molar-refractivity contribution is -0.120. The van der Waals surface area contributed by atoms with Gasteiger partial charge in [0.25, 0.3) is 5.56 Å². The molecule has 170 valence electrons. The first-order valence-corrected chi connectivity index (χ1v) is 12.2. The zero-order chi connectivity index (χ0) is 22.8. The molecule has 1 aliphatic rings. The van der Waals surface area contributed by atoms with E-state index in [9.17, 15) is 9.59 Å². The lowest BCUT2D eigenvalue weighted by Crippen LogP contribution is -2.33. The summed E-state index contributed by atoms with van der Waals surface area (Å²) < 4.78 is 18.4. The number of amides is 1. The smallest absolute Gasteiger partial charge is 0.272 e. The summed E-state index contributed by atoms with van der Waals surface area (Å²) in [7, 11) is 0. The number of aromatic nitrogens is 2. The first-order valence-electron chi connectivity index (χ1n) is 10.5. The van der Waals surface area contributed by atoms with Gasteiger partial charge in [-0.25, -0.2) is 4.98 Å². The fourth-order valence-corrected chi connectivity index (χ4v) is 5.34. The number of carbonyl (C=O) groups excluding carboxylic acids is 1. The SMILES string of the molecule is CCC(Sc1nc2ccsc2c(=O)n1Cc1ccc2c(c1)OCO2)C(=O)NCc1ccco1. The van der Waals surface area contributed by atoms with Crippen LogP contribution in [0.1, 0.15) is 24.7 Å². The largest absolute Gasteiger partial charge is 0.467 e. The minimum atomic E-state index is -0.411. The van der Waals surface area contributed by atoms with Crippen molar-refractivity contribution in [3.63, 3.8) is 0 Å². The topological polar surface area (TPSA) is 95.6 Å². The third-order valence-corrected chi connectivity index (χ3v) is 7.48. The molecule has 5 rings (SSSR count). The molecule has 33 heavy (non-hydrogen) atoms. The Morgan fingerprint density at radius 2 is 2.15 bits per heavy atom. The number of thiophene rings is 1. The van der Waals surface area contributed by atoms with Crippen molar-refractivity contribution in [1.82, 2.24) is 14.9 Å². The van der Waals surface area contributed by atoms with Crippen LogP contribution in [0, 0.1) is 0 Å². The van der Waals surface area contributed by atoms with Gasteiger partial charge in [0.05, 0.1) is 30.1 Å². The molecule has 0 spiro atoms. The van der Waals surface area contributed by atoms with Gasteiger partial charge in [0.15, 0.2) is 16.7 Å². The molecule has 1 N–H and O–H groups in total. The van der Waals surface area contributed by atoms with Crippen molar-refractivity contribution in [3.05, 3.63) is 69.7 Å². The summed E-state index contributed by atoms with van der Waals surface area (Å²) in [5.74, 6) is 1.89. The molecule has 1 atom stereocenters. The molecule has 0 bridgehead atoms. The molecule has 1 aromatic carbocycles. The van der Waals surface area contributed by atoms with E-state index in [1.165, 1.54) is 23.1 Å². The molecule has 0 saturated heterocycles. The number of nitrogens with one attached hydrogen (secondary N) is 1. The van der Waals surface area contributed by atoms with Crippen molar-refractivity contribution < 1.29 is 18.7 Å². The van der Waals surface area contributed by atoms with E-state index < -0.39 is 5.25 Å². The first kappa shape index (κ1) is 21.6. The number of fused-ring (bicyclic) bond motifs is 2. The Kier molecular flexibility index (Phi) is 6.10. The number of thioether (sulfide) groups is 1. The third kappa shape index (κ3) is 4.49. The molecule has 4 heterocycles. The quantitative estimate of drug-likeness (QED) is 0.299. The summed E-state index contributed by atoms with van der Waals surface area (Å²) in [4.78, 5) is 30.9.